The summed E-state index contributed by atoms with van der Waals surface area (Å²) in [5.41, 5.74) is 3.57. The van der Waals surface area contributed by atoms with E-state index in [0.29, 0.717) is 23.0 Å². The van der Waals surface area contributed by atoms with Crippen LogP contribution in [0.25, 0.3) is 0 Å². The number of anilines is 2. The van der Waals surface area contributed by atoms with E-state index in [4.69, 9.17) is 5.84 Å². The Morgan fingerprint density at radius 1 is 1.47 bits per heavy atom. The van der Waals surface area contributed by atoms with E-state index in [9.17, 15) is 4.79 Å². The van der Waals surface area contributed by atoms with Gasteiger partial charge in [-0.2, -0.15) is 0 Å². The predicted molar refractivity (Wildman–Crippen MR) is 63.3 cm³/mol. The van der Waals surface area contributed by atoms with Crippen molar-refractivity contribution in [3.05, 3.63) is 35.8 Å². The summed E-state index contributed by atoms with van der Waals surface area (Å²) >= 11 is 0. The Kier molecular flexibility index (Phi) is 3.01. The Morgan fingerprint density at radius 3 is 2.94 bits per heavy atom. The Labute approximate surface area is 97.4 Å². The number of nitrogen functional groups attached to an aromatic ring is 1. The molecule has 0 radical (unpaired) electrons. The molecule has 0 unspecified atom stereocenters. The first-order valence-electron chi connectivity index (χ1n) is 4.95. The average Bonchev–Trinajstić information content (AvgIpc) is 2.81. The molecule has 0 bridgehead atoms. The molecule has 0 saturated heterocycles. The third kappa shape index (κ3) is 2.58. The molecule has 0 fully saturated rings. The first-order chi connectivity index (χ1) is 8.19. The summed E-state index contributed by atoms with van der Waals surface area (Å²) in [5.74, 6) is 5.82. The van der Waals surface area contributed by atoms with Gasteiger partial charge < -0.3 is 10.4 Å². The predicted octanol–water partition coefficient (Wildman–Crippen LogP) is 0.651. The van der Waals surface area contributed by atoms with Gasteiger partial charge in [0, 0.05) is 23.7 Å². The highest BCUT2D eigenvalue weighted by molar-refractivity contribution is 6.03. The summed E-state index contributed by atoms with van der Waals surface area (Å²) in [4.78, 5) is 22.6. The number of imidazole rings is 1. The Bertz CT molecular complexity index is 522. The molecule has 0 aliphatic rings. The molecule has 0 spiro atoms. The molecule has 7 heteroatoms. The van der Waals surface area contributed by atoms with Crippen LogP contribution in [0, 0.1) is 6.92 Å². The quantitative estimate of drug-likeness (QED) is 0.459. The molecule has 2 heterocycles. The van der Waals surface area contributed by atoms with Crippen molar-refractivity contribution in [2.24, 2.45) is 5.84 Å². The topological polar surface area (TPSA) is 109 Å². The molecule has 7 nitrogen and oxygen atoms in total. The first-order valence-corrected chi connectivity index (χ1v) is 4.95. The molecule has 0 aliphatic heterocycles. The second-order valence-corrected chi connectivity index (χ2v) is 3.42. The highest BCUT2D eigenvalue weighted by Crippen LogP contribution is 2.10. The number of H-pyrrole nitrogens is 1. The number of nitrogens with zero attached hydrogens (tertiary/aromatic N) is 2. The second kappa shape index (κ2) is 4.62. The van der Waals surface area contributed by atoms with E-state index in [1.807, 2.05) is 0 Å². The van der Waals surface area contributed by atoms with Gasteiger partial charge in [0.2, 0.25) is 5.95 Å². The number of pyridine rings is 1. The minimum Gasteiger partial charge on any atom is -0.331 e. The van der Waals surface area contributed by atoms with Crippen LogP contribution in [0.2, 0.25) is 0 Å². The van der Waals surface area contributed by atoms with Gasteiger partial charge in [0.1, 0.15) is 5.82 Å². The second-order valence-electron chi connectivity index (χ2n) is 3.42. The van der Waals surface area contributed by atoms with E-state index in [2.05, 4.69) is 25.7 Å². The minimum atomic E-state index is -0.276. The standard InChI is InChI=1S/C10H12N6O/c1-6-4-7(5-8(14-6)16-11)9(17)15-10-12-2-3-13-10/h2-5H,11H2,1H3,(H,14,16)(H2,12,13,15,17). The van der Waals surface area contributed by atoms with Crippen LogP contribution in [0.3, 0.4) is 0 Å². The number of aromatic nitrogens is 3. The average molecular weight is 232 g/mol. The zero-order valence-electron chi connectivity index (χ0n) is 9.19. The van der Waals surface area contributed by atoms with Gasteiger partial charge >= 0.3 is 0 Å². The number of carbonyl (C=O) groups excluding carboxylic acids is 1. The molecule has 1 amide bonds. The number of carbonyl (C=O) groups is 1. The van der Waals surface area contributed by atoms with Crippen molar-refractivity contribution in [2.75, 3.05) is 10.7 Å². The zero-order chi connectivity index (χ0) is 12.3. The van der Waals surface area contributed by atoms with Crippen molar-refractivity contribution in [3.63, 3.8) is 0 Å². The zero-order valence-corrected chi connectivity index (χ0v) is 9.19. The van der Waals surface area contributed by atoms with Gasteiger partial charge in [-0.3, -0.25) is 10.1 Å². The fourth-order valence-electron chi connectivity index (χ4n) is 1.39. The molecule has 2 aromatic rings. The van der Waals surface area contributed by atoms with Crippen LogP contribution in [0.15, 0.2) is 24.5 Å². The van der Waals surface area contributed by atoms with Gasteiger partial charge in [0.15, 0.2) is 0 Å². The van der Waals surface area contributed by atoms with Crippen LogP contribution < -0.4 is 16.6 Å². The SMILES string of the molecule is Cc1cc(C(=O)Nc2ncc[nH]2)cc(NN)n1. The van der Waals surface area contributed by atoms with Crippen molar-refractivity contribution < 1.29 is 4.79 Å². The number of hydrogen-bond donors (Lipinski definition) is 4. The molecule has 5 N–H and O–H groups in total. The van der Waals surface area contributed by atoms with Gasteiger partial charge in [-0.05, 0) is 19.1 Å². The van der Waals surface area contributed by atoms with Crippen LogP contribution in [0.4, 0.5) is 11.8 Å². The van der Waals surface area contributed by atoms with Crippen LogP contribution in [-0.2, 0) is 0 Å². The van der Waals surface area contributed by atoms with Crippen molar-refractivity contribution in [1.82, 2.24) is 15.0 Å². The molecule has 17 heavy (non-hydrogen) atoms. The summed E-state index contributed by atoms with van der Waals surface area (Å²) in [6.07, 6.45) is 3.18. The van der Waals surface area contributed by atoms with Gasteiger partial charge in [-0.15, -0.1) is 0 Å². The third-order valence-corrected chi connectivity index (χ3v) is 2.09. The molecule has 2 rings (SSSR count). The number of rotatable bonds is 3. The third-order valence-electron chi connectivity index (χ3n) is 2.09. The largest absolute Gasteiger partial charge is 0.331 e. The maximum absolute atomic E-state index is 11.9. The Balaban J connectivity index is 2.21. The molecule has 88 valence electrons. The van der Waals surface area contributed by atoms with Crippen molar-refractivity contribution >= 4 is 17.7 Å². The first kappa shape index (κ1) is 11.1. The van der Waals surface area contributed by atoms with E-state index >= 15 is 0 Å². The van der Waals surface area contributed by atoms with Crippen LogP contribution in [-0.4, -0.2) is 20.9 Å². The molecule has 2 aromatic heterocycles. The van der Waals surface area contributed by atoms with Crippen molar-refractivity contribution in [3.8, 4) is 0 Å². The van der Waals surface area contributed by atoms with Gasteiger partial charge in [0.25, 0.3) is 5.91 Å². The normalized spacial score (nSPS) is 10.0. The van der Waals surface area contributed by atoms with Crippen molar-refractivity contribution in [1.29, 1.82) is 0 Å². The number of aromatic amines is 1. The molecule has 0 atom stereocenters. The molecule has 0 aliphatic carbocycles. The highest BCUT2D eigenvalue weighted by atomic mass is 16.1. The number of nitrogens with one attached hydrogen (secondary N) is 3. The number of aryl methyl sites for hydroxylation is 1. The lowest BCUT2D eigenvalue weighted by molar-refractivity contribution is 0.102. The van der Waals surface area contributed by atoms with E-state index in [1.54, 1.807) is 31.5 Å². The summed E-state index contributed by atoms with van der Waals surface area (Å²) in [7, 11) is 0. The fraction of sp³-hybridized carbons (Fsp3) is 0.100. The number of nitrogens with two attached hydrogens (primary N) is 1. The van der Waals surface area contributed by atoms with E-state index in [1.165, 1.54) is 0 Å². The van der Waals surface area contributed by atoms with Gasteiger partial charge in [-0.25, -0.2) is 15.8 Å². The van der Waals surface area contributed by atoms with Crippen LogP contribution >= 0.6 is 0 Å². The lowest BCUT2D eigenvalue weighted by Crippen LogP contribution is -2.15. The number of amides is 1. The minimum absolute atomic E-state index is 0.276. The smallest absolute Gasteiger partial charge is 0.258 e. The number of hydrogen-bond acceptors (Lipinski definition) is 5. The van der Waals surface area contributed by atoms with Crippen LogP contribution in [0.1, 0.15) is 16.1 Å². The monoisotopic (exact) mass is 232 g/mol. The maximum atomic E-state index is 11.9. The fourth-order valence-corrected chi connectivity index (χ4v) is 1.39. The van der Waals surface area contributed by atoms with Gasteiger partial charge in [0.05, 0.1) is 0 Å². The maximum Gasteiger partial charge on any atom is 0.258 e. The molecular weight excluding hydrogens is 220 g/mol. The van der Waals surface area contributed by atoms with Gasteiger partial charge in [-0.1, -0.05) is 0 Å². The summed E-state index contributed by atoms with van der Waals surface area (Å²) in [6.45, 7) is 1.78. The van der Waals surface area contributed by atoms with Crippen LogP contribution in [0.5, 0.6) is 0 Å². The lowest BCUT2D eigenvalue weighted by atomic mass is 10.2. The highest BCUT2D eigenvalue weighted by Gasteiger charge is 2.09. The summed E-state index contributed by atoms with van der Waals surface area (Å²) in [5, 5.41) is 2.61. The van der Waals surface area contributed by atoms with E-state index < -0.39 is 0 Å². The summed E-state index contributed by atoms with van der Waals surface area (Å²) < 4.78 is 0. The van der Waals surface area contributed by atoms with Crippen molar-refractivity contribution in [2.45, 2.75) is 6.92 Å². The van der Waals surface area contributed by atoms with E-state index in [0.717, 1.165) is 0 Å². The lowest BCUT2D eigenvalue weighted by Gasteiger charge is -2.05. The molecule has 0 saturated carbocycles. The molecular formula is C10H12N6O. The Hall–Kier alpha value is -2.41. The Morgan fingerprint density at radius 2 is 2.29 bits per heavy atom. The molecule has 0 aromatic carbocycles. The summed E-state index contributed by atoms with van der Waals surface area (Å²) in [6, 6.07) is 3.23. The number of hydrazine groups is 1. The van der Waals surface area contributed by atoms with E-state index in [-0.39, 0.29) is 5.91 Å².